The Morgan fingerprint density at radius 1 is 1.19 bits per heavy atom. The van der Waals surface area contributed by atoms with Gasteiger partial charge in [-0.2, -0.15) is 5.26 Å². The first kappa shape index (κ1) is 17.9. The molecule has 4 rings (SSSR count). The molecule has 0 saturated heterocycles. The number of Topliss-reactive ketones (excluding diaryl/α,β-unsaturated/α-hetero) is 1. The predicted molar refractivity (Wildman–Crippen MR) is 95.5 cm³/mol. The Morgan fingerprint density at radius 2 is 1.89 bits per heavy atom. The molecule has 0 N–H and O–H groups in total. The molecule has 0 aromatic heterocycles. The van der Waals surface area contributed by atoms with Gasteiger partial charge in [-0.3, -0.25) is 4.79 Å². The molecule has 3 nitrogen and oxygen atoms in total. The molecule has 2 aromatic rings. The zero-order chi connectivity index (χ0) is 19.2. The van der Waals surface area contributed by atoms with Crippen molar-refractivity contribution >= 4 is 17.4 Å². The molecule has 0 unspecified atom stereocenters. The number of fused-ring (bicyclic) bond motifs is 3. The van der Waals surface area contributed by atoms with Crippen molar-refractivity contribution in [2.75, 3.05) is 6.61 Å². The molecule has 27 heavy (non-hydrogen) atoms. The van der Waals surface area contributed by atoms with E-state index in [0.29, 0.717) is 17.9 Å². The average Bonchev–Trinajstić information content (AvgIpc) is 2.66. The second-order valence-electron chi connectivity index (χ2n) is 7.18. The molecule has 0 bridgehead atoms. The smallest absolute Gasteiger partial charge is 0.165 e. The number of benzene rings is 2. The summed E-state index contributed by atoms with van der Waals surface area (Å²) in [4.78, 5) is 12.3. The average molecular weight is 388 g/mol. The first-order chi connectivity index (χ1) is 13.0. The van der Waals surface area contributed by atoms with Crippen LogP contribution in [0.5, 0.6) is 5.75 Å². The van der Waals surface area contributed by atoms with Crippen molar-refractivity contribution in [3.63, 3.8) is 0 Å². The maximum Gasteiger partial charge on any atom is 0.165 e. The third-order valence-corrected chi connectivity index (χ3v) is 6.06. The van der Waals surface area contributed by atoms with Crippen LogP contribution >= 0.6 is 11.6 Å². The van der Waals surface area contributed by atoms with E-state index in [-0.39, 0.29) is 30.1 Å². The van der Waals surface area contributed by atoms with E-state index in [4.69, 9.17) is 16.3 Å². The van der Waals surface area contributed by atoms with Crippen LogP contribution in [0, 0.1) is 34.8 Å². The third-order valence-electron chi connectivity index (χ3n) is 5.81. The number of nitrogens with zero attached hydrogens (tertiary/aromatic N) is 1. The SMILES string of the molecule is N#C[C@@H]1C(=O)CC[C@@]2(Cc3ccc(Cl)cc3)c3c(F)ccc(F)c3OC[C@@H]12. The largest absolute Gasteiger partial charge is 0.490 e. The highest BCUT2D eigenvalue weighted by Gasteiger charge is 2.55. The number of ether oxygens (including phenoxy) is 1. The topological polar surface area (TPSA) is 50.1 Å². The number of hydrogen-bond acceptors (Lipinski definition) is 3. The van der Waals surface area contributed by atoms with Gasteiger partial charge in [-0.25, -0.2) is 8.78 Å². The molecule has 0 spiro atoms. The van der Waals surface area contributed by atoms with E-state index in [9.17, 15) is 18.8 Å². The normalized spacial score (nSPS) is 26.5. The van der Waals surface area contributed by atoms with Crippen LogP contribution in [-0.4, -0.2) is 12.4 Å². The fourth-order valence-electron chi connectivity index (χ4n) is 4.54. The molecule has 1 aliphatic carbocycles. The van der Waals surface area contributed by atoms with Crippen molar-refractivity contribution in [3.05, 3.63) is 64.2 Å². The summed E-state index contributed by atoms with van der Waals surface area (Å²) in [6.07, 6.45) is 0.864. The van der Waals surface area contributed by atoms with Gasteiger partial charge in [0.25, 0.3) is 0 Å². The van der Waals surface area contributed by atoms with Gasteiger partial charge >= 0.3 is 0 Å². The lowest BCUT2D eigenvalue weighted by atomic mass is 9.55. The minimum absolute atomic E-state index is 0.00489. The van der Waals surface area contributed by atoms with Gasteiger partial charge in [0, 0.05) is 28.3 Å². The number of halogens is 3. The van der Waals surface area contributed by atoms with Gasteiger partial charge in [0.1, 0.15) is 17.5 Å². The van der Waals surface area contributed by atoms with Gasteiger partial charge in [-0.1, -0.05) is 23.7 Å². The maximum absolute atomic E-state index is 14.9. The number of carbonyl (C=O) groups is 1. The lowest BCUT2D eigenvalue weighted by molar-refractivity contribution is -0.128. The minimum Gasteiger partial charge on any atom is -0.490 e. The molecule has 2 aliphatic rings. The molecule has 2 aromatic carbocycles. The van der Waals surface area contributed by atoms with Gasteiger partial charge in [0.15, 0.2) is 11.6 Å². The van der Waals surface area contributed by atoms with E-state index >= 15 is 0 Å². The van der Waals surface area contributed by atoms with Crippen molar-refractivity contribution in [3.8, 4) is 11.8 Å². The standard InChI is InChI=1S/C21H16ClF2NO2/c22-13-3-1-12(2-4-13)9-21-8-7-18(26)14(10-25)15(21)11-27-20-17(24)6-5-16(23)19(20)21/h1-6,14-15H,7-9,11H2/t14-,15-,21-/m0/s1. The zero-order valence-corrected chi connectivity index (χ0v) is 15.1. The second kappa shape index (κ2) is 6.61. The number of rotatable bonds is 2. The van der Waals surface area contributed by atoms with Gasteiger partial charge in [0.05, 0.1) is 12.7 Å². The first-order valence-electron chi connectivity index (χ1n) is 8.74. The Morgan fingerprint density at radius 3 is 2.59 bits per heavy atom. The van der Waals surface area contributed by atoms with Crippen LogP contribution in [-0.2, 0) is 16.6 Å². The molecule has 1 saturated carbocycles. The van der Waals surface area contributed by atoms with Crippen LogP contribution in [0.1, 0.15) is 24.0 Å². The van der Waals surface area contributed by atoms with Gasteiger partial charge in [0.2, 0.25) is 0 Å². The van der Waals surface area contributed by atoms with Gasteiger partial charge < -0.3 is 4.74 Å². The fraction of sp³-hybridized carbons (Fsp3) is 0.333. The second-order valence-corrected chi connectivity index (χ2v) is 7.62. The summed E-state index contributed by atoms with van der Waals surface area (Å²) in [6, 6.07) is 11.3. The highest BCUT2D eigenvalue weighted by molar-refractivity contribution is 6.30. The first-order valence-corrected chi connectivity index (χ1v) is 9.12. The summed E-state index contributed by atoms with van der Waals surface area (Å²) >= 11 is 5.96. The van der Waals surface area contributed by atoms with Crippen molar-refractivity contribution in [2.45, 2.75) is 24.7 Å². The fourth-order valence-corrected chi connectivity index (χ4v) is 4.67. The van der Waals surface area contributed by atoms with Crippen LogP contribution in [0.3, 0.4) is 0 Å². The molecule has 1 fully saturated rings. The van der Waals surface area contributed by atoms with Gasteiger partial charge in [-0.05, 0) is 42.7 Å². The van der Waals surface area contributed by atoms with Crippen molar-refractivity contribution < 1.29 is 18.3 Å². The molecule has 3 atom stereocenters. The highest BCUT2D eigenvalue weighted by atomic mass is 35.5. The Balaban J connectivity index is 1.92. The summed E-state index contributed by atoms with van der Waals surface area (Å²) in [7, 11) is 0. The van der Waals surface area contributed by atoms with Gasteiger partial charge in [-0.15, -0.1) is 0 Å². The van der Waals surface area contributed by atoms with Crippen LogP contribution in [0.4, 0.5) is 8.78 Å². The summed E-state index contributed by atoms with van der Waals surface area (Å²) in [6.45, 7) is 0.00489. The van der Waals surface area contributed by atoms with Crippen LogP contribution in [0.25, 0.3) is 0 Å². The molecular weight excluding hydrogens is 372 g/mol. The number of ketones is 1. The van der Waals surface area contributed by atoms with E-state index in [2.05, 4.69) is 6.07 Å². The lowest BCUT2D eigenvalue weighted by Gasteiger charge is -2.49. The quantitative estimate of drug-likeness (QED) is 0.756. The summed E-state index contributed by atoms with van der Waals surface area (Å²) in [5.74, 6) is -2.92. The molecule has 1 heterocycles. The molecular formula is C21H16ClF2NO2. The Hall–Kier alpha value is -2.45. The summed E-state index contributed by atoms with van der Waals surface area (Å²) < 4.78 is 34.8. The van der Waals surface area contributed by atoms with Crippen molar-refractivity contribution in [2.24, 2.45) is 11.8 Å². The van der Waals surface area contributed by atoms with E-state index in [1.165, 1.54) is 0 Å². The predicted octanol–water partition coefficient (Wildman–Crippen LogP) is 4.61. The molecule has 0 amide bonds. The van der Waals surface area contributed by atoms with Crippen LogP contribution in [0.2, 0.25) is 5.02 Å². The maximum atomic E-state index is 14.9. The Labute approximate surface area is 160 Å². The van der Waals surface area contributed by atoms with E-state index in [1.807, 2.05) is 12.1 Å². The van der Waals surface area contributed by atoms with Crippen LogP contribution < -0.4 is 4.74 Å². The number of carbonyl (C=O) groups excluding carboxylic acids is 1. The number of hydrogen-bond donors (Lipinski definition) is 0. The summed E-state index contributed by atoms with van der Waals surface area (Å²) in [5.41, 5.74) is 0.135. The molecule has 6 heteroatoms. The Kier molecular flexibility index (Phi) is 4.39. The van der Waals surface area contributed by atoms with Crippen molar-refractivity contribution in [1.82, 2.24) is 0 Å². The molecule has 0 radical (unpaired) electrons. The number of nitriles is 1. The lowest BCUT2D eigenvalue weighted by Crippen LogP contribution is -2.53. The van der Waals surface area contributed by atoms with Crippen LogP contribution in [0.15, 0.2) is 36.4 Å². The van der Waals surface area contributed by atoms with E-state index < -0.39 is 28.9 Å². The zero-order valence-electron chi connectivity index (χ0n) is 14.3. The molecule has 1 aliphatic heterocycles. The minimum atomic E-state index is -0.901. The third kappa shape index (κ3) is 2.80. The summed E-state index contributed by atoms with van der Waals surface area (Å²) in [5, 5.41) is 10.2. The van der Waals surface area contributed by atoms with E-state index in [1.54, 1.807) is 12.1 Å². The van der Waals surface area contributed by atoms with E-state index in [0.717, 1.165) is 17.7 Å². The van der Waals surface area contributed by atoms with Crippen molar-refractivity contribution in [1.29, 1.82) is 5.26 Å². The Bertz CT molecular complexity index is 954. The molecule has 138 valence electrons. The highest BCUT2D eigenvalue weighted by Crippen LogP contribution is 2.54. The monoisotopic (exact) mass is 387 g/mol.